The first-order valence-corrected chi connectivity index (χ1v) is 8.82. The fourth-order valence-electron chi connectivity index (χ4n) is 4.98. The second-order valence-electron chi connectivity index (χ2n) is 7.29. The summed E-state index contributed by atoms with van der Waals surface area (Å²) >= 11 is 0. The summed E-state index contributed by atoms with van der Waals surface area (Å²) in [4.78, 5) is 0. The molecular weight excluding hydrogens is 328 g/mol. The van der Waals surface area contributed by atoms with Crippen molar-refractivity contribution in [2.24, 2.45) is 16.7 Å². The summed E-state index contributed by atoms with van der Waals surface area (Å²) < 4.78 is 12.2. The molecule has 6 nitrogen and oxygen atoms in total. The van der Waals surface area contributed by atoms with Crippen LogP contribution in [0.25, 0.3) is 0 Å². The van der Waals surface area contributed by atoms with E-state index in [0.717, 1.165) is 18.4 Å². The van der Waals surface area contributed by atoms with Crippen LogP contribution in [-0.2, 0) is 15.9 Å². The molecule has 1 aliphatic carbocycles. The molecular formula is C20H18N4O2. The Kier molecular flexibility index (Phi) is 3.55. The summed E-state index contributed by atoms with van der Waals surface area (Å²) in [6.07, 6.45) is 2.37. The van der Waals surface area contributed by atoms with E-state index in [1.54, 1.807) is 0 Å². The average Bonchev–Trinajstić information content (AvgIpc) is 2.67. The van der Waals surface area contributed by atoms with Crippen molar-refractivity contribution >= 4 is 5.90 Å². The minimum atomic E-state index is -1.73. The molecule has 4 aliphatic rings. The van der Waals surface area contributed by atoms with Crippen LogP contribution in [0.15, 0.2) is 30.3 Å². The Morgan fingerprint density at radius 2 is 1.81 bits per heavy atom. The highest BCUT2D eigenvalue weighted by molar-refractivity contribution is 5.88. The lowest BCUT2D eigenvalue weighted by Crippen LogP contribution is -2.76. The second-order valence-corrected chi connectivity index (χ2v) is 7.29. The maximum Gasteiger partial charge on any atom is 0.217 e. The molecule has 1 aromatic rings. The van der Waals surface area contributed by atoms with Crippen molar-refractivity contribution in [2.45, 2.75) is 44.0 Å². The summed E-state index contributed by atoms with van der Waals surface area (Å²) in [5.74, 6) is -1.98. The molecule has 4 fully saturated rings. The molecule has 0 unspecified atom stereocenters. The highest BCUT2D eigenvalue weighted by Gasteiger charge is 2.79. The monoisotopic (exact) mass is 346 g/mol. The van der Waals surface area contributed by atoms with Crippen molar-refractivity contribution in [1.29, 1.82) is 21.2 Å². The van der Waals surface area contributed by atoms with Crippen molar-refractivity contribution in [2.75, 3.05) is 0 Å². The standard InChI is InChI=1S/C20H18N4O2/c21-11-18(12-22)15-8-4-5-9-20(15)25-16(10-14-6-2-1-3-7-14)19(18,13-23)17(24)26-20/h1-3,6-7,15-16,24H,4-5,8-10H2/t15-,16+,19-,20+/m1/s1. The van der Waals surface area contributed by atoms with Crippen molar-refractivity contribution in [3.8, 4) is 18.2 Å². The molecule has 3 saturated heterocycles. The quantitative estimate of drug-likeness (QED) is 0.884. The van der Waals surface area contributed by atoms with E-state index >= 15 is 0 Å². The average molecular weight is 346 g/mol. The van der Waals surface area contributed by atoms with Gasteiger partial charge in [0.1, 0.15) is 0 Å². The van der Waals surface area contributed by atoms with Gasteiger partial charge in [-0.1, -0.05) is 36.8 Å². The van der Waals surface area contributed by atoms with Crippen LogP contribution in [0.4, 0.5) is 0 Å². The molecule has 5 rings (SSSR count). The number of ether oxygens (including phenoxy) is 2. The minimum Gasteiger partial charge on any atom is -0.447 e. The van der Waals surface area contributed by atoms with Crippen LogP contribution >= 0.6 is 0 Å². The Balaban J connectivity index is 1.90. The molecule has 6 heteroatoms. The number of nitrogens with zero attached hydrogens (tertiary/aromatic N) is 3. The van der Waals surface area contributed by atoms with Gasteiger partial charge in [0.2, 0.25) is 11.7 Å². The van der Waals surface area contributed by atoms with Gasteiger partial charge in [0, 0.05) is 12.8 Å². The van der Waals surface area contributed by atoms with E-state index < -0.39 is 28.6 Å². The van der Waals surface area contributed by atoms with E-state index in [1.165, 1.54) is 0 Å². The Hall–Kier alpha value is -2.88. The molecule has 0 radical (unpaired) electrons. The topological polar surface area (TPSA) is 114 Å². The normalized spacial score (nSPS) is 36.7. The first-order valence-electron chi connectivity index (χ1n) is 8.82. The van der Waals surface area contributed by atoms with Crippen molar-refractivity contribution in [3.63, 3.8) is 0 Å². The van der Waals surface area contributed by atoms with Gasteiger partial charge in [-0.25, -0.2) is 0 Å². The molecule has 26 heavy (non-hydrogen) atoms. The smallest absolute Gasteiger partial charge is 0.217 e. The lowest BCUT2D eigenvalue weighted by atomic mass is 9.48. The van der Waals surface area contributed by atoms with Crippen LogP contribution in [0, 0.1) is 56.2 Å². The van der Waals surface area contributed by atoms with Crippen LogP contribution in [0.3, 0.4) is 0 Å². The maximum atomic E-state index is 10.1. The van der Waals surface area contributed by atoms with Crippen molar-refractivity contribution < 1.29 is 9.47 Å². The summed E-state index contributed by atoms with van der Waals surface area (Å²) in [5, 5.41) is 38.7. The zero-order valence-corrected chi connectivity index (χ0v) is 14.2. The Morgan fingerprint density at radius 1 is 1.08 bits per heavy atom. The number of hydrogen-bond acceptors (Lipinski definition) is 6. The molecule has 130 valence electrons. The van der Waals surface area contributed by atoms with Crippen LogP contribution in [0.1, 0.15) is 31.2 Å². The first kappa shape index (κ1) is 16.6. The summed E-state index contributed by atoms with van der Waals surface area (Å²) in [5.41, 5.74) is -2.44. The molecule has 3 heterocycles. The number of hydrogen-bond donors (Lipinski definition) is 1. The molecule has 1 N–H and O–H groups in total. The Labute approximate surface area is 152 Å². The molecule has 0 aromatic heterocycles. The van der Waals surface area contributed by atoms with E-state index in [9.17, 15) is 15.8 Å². The highest BCUT2D eigenvalue weighted by Crippen LogP contribution is 2.65. The highest BCUT2D eigenvalue weighted by atomic mass is 16.7. The third-order valence-electron chi connectivity index (χ3n) is 6.19. The van der Waals surface area contributed by atoms with Crippen molar-refractivity contribution in [1.82, 2.24) is 0 Å². The molecule has 4 atom stereocenters. The van der Waals surface area contributed by atoms with Gasteiger partial charge in [-0.15, -0.1) is 0 Å². The predicted octanol–water partition coefficient (Wildman–Crippen LogP) is 3.07. The van der Waals surface area contributed by atoms with E-state index in [1.807, 2.05) is 30.3 Å². The number of rotatable bonds is 2. The van der Waals surface area contributed by atoms with Gasteiger partial charge in [-0.3, -0.25) is 5.41 Å². The maximum absolute atomic E-state index is 10.1. The first-order chi connectivity index (χ1) is 12.6. The van der Waals surface area contributed by atoms with Gasteiger partial charge in [-0.2, -0.15) is 15.8 Å². The van der Waals surface area contributed by atoms with Gasteiger partial charge >= 0.3 is 0 Å². The summed E-state index contributed by atoms with van der Waals surface area (Å²) in [7, 11) is 0. The zero-order valence-electron chi connectivity index (χ0n) is 14.2. The van der Waals surface area contributed by atoms with E-state index in [0.29, 0.717) is 19.3 Å². The third kappa shape index (κ3) is 1.79. The Bertz CT molecular complexity index is 864. The number of benzene rings is 1. The lowest BCUT2D eigenvalue weighted by molar-refractivity contribution is -0.357. The molecule has 0 amide bonds. The molecule has 3 aliphatic heterocycles. The van der Waals surface area contributed by atoms with Crippen LogP contribution < -0.4 is 0 Å². The van der Waals surface area contributed by atoms with Gasteiger partial charge in [0.25, 0.3) is 0 Å². The number of fused-ring (bicyclic) bond motifs is 2. The third-order valence-corrected chi connectivity index (χ3v) is 6.19. The summed E-state index contributed by atoms with van der Waals surface area (Å²) in [6.45, 7) is 0. The predicted molar refractivity (Wildman–Crippen MR) is 90.2 cm³/mol. The van der Waals surface area contributed by atoms with Gasteiger partial charge in [0.15, 0.2) is 10.8 Å². The number of nitrogens with one attached hydrogen (secondary N) is 1. The molecule has 2 bridgehead atoms. The SMILES string of the molecule is N#CC1(C#N)[C@H]2CCCC[C@]23OC(=N)[C@@]1(C#N)[C@H](Cc1ccccc1)O3. The van der Waals surface area contributed by atoms with Gasteiger partial charge in [0.05, 0.1) is 30.2 Å². The van der Waals surface area contributed by atoms with E-state index in [-0.39, 0.29) is 5.90 Å². The van der Waals surface area contributed by atoms with Gasteiger partial charge in [-0.05, 0) is 18.4 Å². The molecule has 1 saturated carbocycles. The minimum absolute atomic E-state index is 0.298. The van der Waals surface area contributed by atoms with Crippen molar-refractivity contribution in [3.05, 3.63) is 35.9 Å². The fraction of sp³-hybridized carbons (Fsp3) is 0.500. The second kappa shape index (κ2) is 5.56. The van der Waals surface area contributed by atoms with Crippen LogP contribution in [-0.4, -0.2) is 17.8 Å². The largest absolute Gasteiger partial charge is 0.447 e. The van der Waals surface area contributed by atoms with E-state index in [2.05, 4.69) is 18.2 Å². The van der Waals surface area contributed by atoms with E-state index in [4.69, 9.17) is 14.9 Å². The molecule has 1 aromatic carbocycles. The van der Waals surface area contributed by atoms with Gasteiger partial charge < -0.3 is 9.47 Å². The summed E-state index contributed by atoms with van der Waals surface area (Å²) in [6, 6.07) is 15.9. The fourth-order valence-corrected chi connectivity index (χ4v) is 4.98. The number of nitriles is 3. The van der Waals surface area contributed by atoms with Crippen LogP contribution in [0.2, 0.25) is 0 Å². The zero-order chi connectivity index (χ0) is 18.4. The molecule has 1 spiro atoms. The Morgan fingerprint density at radius 3 is 2.46 bits per heavy atom. The lowest BCUT2D eigenvalue weighted by Gasteiger charge is -2.63. The van der Waals surface area contributed by atoms with Crippen LogP contribution in [0.5, 0.6) is 0 Å².